The maximum absolute atomic E-state index is 14.2. The molecule has 4 nitrogen and oxygen atoms in total. The molecule has 0 amide bonds. The molecule has 0 radical (unpaired) electrons. The number of para-hydroxylation sites is 3. The molecular weight excluding hydrogens is 642 g/mol. The summed E-state index contributed by atoms with van der Waals surface area (Å²) in [5.74, 6) is 0.543. The van der Waals surface area contributed by atoms with Crippen molar-refractivity contribution >= 4 is 65.6 Å². The number of fused-ring (bicyclic) bond motifs is 9. The van der Waals surface area contributed by atoms with Crippen LogP contribution in [0, 0.1) is 5.82 Å². The van der Waals surface area contributed by atoms with Crippen molar-refractivity contribution in [3.63, 3.8) is 0 Å². The van der Waals surface area contributed by atoms with Crippen molar-refractivity contribution in [3.05, 3.63) is 176 Å². The van der Waals surface area contributed by atoms with Crippen molar-refractivity contribution in [3.8, 4) is 33.9 Å². The Morgan fingerprint density at radius 2 is 0.962 bits per heavy atom. The minimum atomic E-state index is -0.286. The number of hydrogen-bond donors (Lipinski definition) is 0. The van der Waals surface area contributed by atoms with Gasteiger partial charge in [0, 0.05) is 43.6 Å². The molecule has 0 saturated carbocycles. The van der Waals surface area contributed by atoms with Gasteiger partial charge in [0.05, 0.1) is 27.8 Å². The molecule has 0 bridgehead atoms. The molecule has 7 aromatic carbocycles. The molecule has 11 aromatic rings. The van der Waals surface area contributed by atoms with Crippen LogP contribution < -0.4 is 0 Å². The van der Waals surface area contributed by atoms with Crippen molar-refractivity contribution in [1.29, 1.82) is 0 Å². The summed E-state index contributed by atoms with van der Waals surface area (Å²) in [6.45, 7) is 0. The zero-order chi connectivity index (χ0) is 34.3. The Hall–Kier alpha value is -6.98. The van der Waals surface area contributed by atoms with Crippen LogP contribution in [-0.4, -0.2) is 14.1 Å². The summed E-state index contributed by atoms with van der Waals surface area (Å²) >= 11 is 0. The van der Waals surface area contributed by atoms with Gasteiger partial charge in [-0.05, 0) is 108 Å². The first-order chi connectivity index (χ1) is 25.7. The highest BCUT2D eigenvalue weighted by Gasteiger charge is 2.17. The Morgan fingerprint density at radius 3 is 1.69 bits per heavy atom. The van der Waals surface area contributed by atoms with Crippen molar-refractivity contribution in [2.45, 2.75) is 0 Å². The molecule has 5 heteroatoms. The number of hydrogen-bond acceptors (Lipinski definition) is 2. The number of nitrogens with zero attached hydrogens (tertiary/aromatic N) is 3. The van der Waals surface area contributed by atoms with E-state index in [-0.39, 0.29) is 5.82 Å². The molecule has 0 aliphatic rings. The predicted octanol–water partition coefficient (Wildman–Crippen LogP) is 12.6. The minimum Gasteiger partial charge on any atom is -0.456 e. The van der Waals surface area contributed by atoms with Gasteiger partial charge in [-0.1, -0.05) is 72.8 Å². The molecule has 4 heterocycles. The molecular formula is C47H28FN3O. The van der Waals surface area contributed by atoms with Crippen LogP contribution in [0.3, 0.4) is 0 Å². The van der Waals surface area contributed by atoms with Crippen LogP contribution in [0.4, 0.5) is 4.39 Å². The summed E-state index contributed by atoms with van der Waals surface area (Å²) in [6, 6.07) is 58.0. The maximum Gasteiger partial charge on any atom is 0.138 e. The number of furan rings is 1. The molecule has 0 aliphatic heterocycles. The lowest BCUT2D eigenvalue weighted by molar-refractivity contribution is 0.626. The molecule has 4 aromatic heterocycles. The smallest absolute Gasteiger partial charge is 0.138 e. The van der Waals surface area contributed by atoms with Gasteiger partial charge in [-0.3, -0.25) is 4.57 Å². The van der Waals surface area contributed by atoms with Crippen LogP contribution >= 0.6 is 0 Å². The van der Waals surface area contributed by atoms with Gasteiger partial charge < -0.3 is 8.98 Å². The monoisotopic (exact) mass is 669 g/mol. The highest BCUT2D eigenvalue weighted by molar-refractivity contribution is 6.13. The highest BCUT2D eigenvalue weighted by atomic mass is 19.1. The van der Waals surface area contributed by atoms with E-state index >= 15 is 0 Å². The van der Waals surface area contributed by atoms with Crippen LogP contribution in [0.1, 0.15) is 0 Å². The quantitative estimate of drug-likeness (QED) is 0.187. The number of aromatic nitrogens is 3. The summed E-state index contributed by atoms with van der Waals surface area (Å²) in [6.07, 6.45) is 0. The summed E-state index contributed by atoms with van der Waals surface area (Å²) in [7, 11) is 0. The first-order valence-electron chi connectivity index (χ1n) is 17.4. The fraction of sp³-hybridized carbons (Fsp3) is 0. The lowest BCUT2D eigenvalue weighted by Crippen LogP contribution is -1.98. The summed E-state index contributed by atoms with van der Waals surface area (Å²) in [4.78, 5) is 5.20. The van der Waals surface area contributed by atoms with E-state index in [0.29, 0.717) is 5.58 Å². The average Bonchev–Trinajstić information content (AvgIpc) is 3.85. The molecule has 0 fully saturated rings. The first-order valence-corrected chi connectivity index (χ1v) is 17.4. The first kappa shape index (κ1) is 28.8. The van der Waals surface area contributed by atoms with Crippen molar-refractivity contribution < 1.29 is 8.81 Å². The zero-order valence-corrected chi connectivity index (χ0v) is 27.8. The Bertz CT molecular complexity index is 3200. The fourth-order valence-electron chi connectivity index (χ4n) is 8.02. The van der Waals surface area contributed by atoms with Crippen LogP contribution in [0.5, 0.6) is 0 Å². The van der Waals surface area contributed by atoms with Gasteiger partial charge in [0.15, 0.2) is 0 Å². The molecule has 11 rings (SSSR count). The van der Waals surface area contributed by atoms with E-state index in [1.807, 2.05) is 30.3 Å². The van der Waals surface area contributed by atoms with Gasteiger partial charge in [-0.15, -0.1) is 0 Å². The normalized spacial score (nSPS) is 11.9. The topological polar surface area (TPSA) is 35.9 Å². The third-order valence-corrected chi connectivity index (χ3v) is 10.4. The largest absolute Gasteiger partial charge is 0.456 e. The summed E-state index contributed by atoms with van der Waals surface area (Å²) in [5.41, 5.74) is 11.2. The Kier molecular flexibility index (Phi) is 6.10. The zero-order valence-electron chi connectivity index (χ0n) is 27.8. The number of rotatable bonds is 4. The van der Waals surface area contributed by atoms with E-state index in [2.05, 4.69) is 130 Å². The van der Waals surface area contributed by atoms with Crippen molar-refractivity contribution in [1.82, 2.24) is 14.1 Å². The number of halogens is 1. The summed E-state index contributed by atoms with van der Waals surface area (Å²) in [5, 5.41) is 6.42. The van der Waals surface area contributed by atoms with Gasteiger partial charge >= 0.3 is 0 Å². The second-order valence-corrected chi connectivity index (χ2v) is 13.3. The van der Waals surface area contributed by atoms with Crippen molar-refractivity contribution in [2.24, 2.45) is 0 Å². The molecule has 0 unspecified atom stereocenters. The lowest BCUT2D eigenvalue weighted by atomic mass is 10.0. The molecule has 0 saturated heterocycles. The van der Waals surface area contributed by atoms with Crippen LogP contribution in [0.25, 0.3) is 99.4 Å². The van der Waals surface area contributed by atoms with E-state index in [1.165, 1.54) is 50.3 Å². The lowest BCUT2D eigenvalue weighted by Gasteiger charge is -2.10. The molecule has 52 heavy (non-hydrogen) atoms. The molecule has 0 atom stereocenters. The second-order valence-electron chi connectivity index (χ2n) is 13.3. The van der Waals surface area contributed by atoms with E-state index in [0.717, 1.165) is 55.7 Å². The maximum atomic E-state index is 14.2. The van der Waals surface area contributed by atoms with E-state index < -0.39 is 0 Å². The van der Waals surface area contributed by atoms with Gasteiger partial charge in [0.25, 0.3) is 0 Å². The van der Waals surface area contributed by atoms with Crippen LogP contribution in [-0.2, 0) is 0 Å². The Morgan fingerprint density at radius 1 is 0.404 bits per heavy atom. The molecule has 0 N–H and O–H groups in total. The standard InChI is InChI=1S/C47H28FN3O/c48-32-20-24-46-39(28-32)38-27-31(19-23-45(38)52-46)40-13-8-16-47(49-40)51-42-15-7-5-12-35(42)37-26-30(18-22-44(37)51)29-17-21-43-36(25-29)34-11-4-6-14-41(34)50(43)33-9-2-1-3-10-33/h1-28H. The average molecular weight is 670 g/mol. The third-order valence-electron chi connectivity index (χ3n) is 10.4. The van der Waals surface area contributed by atoms with Crippen molar-refractivity contribution in [2.75, 3.05) is 0 Å². The van der Waals surface area contributed by atoms with Gasteiger partial charge in [-0.2, -0.15) is 0 Å². The Balaban J connectivity index is 1.05. The second kappa shape index (κ2) is 11.0. The van der Waals surface area contributed by atoms with Crippen LogP contribution in [0.2, 0.25) is 0 Å². The SMILES string of the molecule is Fc1ccc2oc3ccc(-c4cccc(-n5c6ccccc6c6cc(-c7ccc8c(c7)c7ccccc7n8-c7ccccc7)ccc65)n4)cc3c2c1. The van der Waals surface area contributed by atoms with E-state index in [9.17, 15) is 4.39 Å². The molecule has 0 spiro atoms. The molecule has 244 valence electrons. The number of pyridine rings is 1. The molecule has 0 aliphatic carbocycles. The van der Waals surface area contributed by atoms with E-state index in [4.69, 9.17) is 9.40 Å². The fourth-order valence-corrected chi connectivity index (χ4v) is 8.02. The summed E-state index contributed by atoms with van der Waals surface area (Å²) < 4.78 is 24.8. The minimum absolute atomic E-state index is 0.286. The predicted molar refractivity (Wildman–Crippen MR) is 211 cm³/mol. The Labute approximate surface area is 297 Å². The number of benzene rings is 7. The van der Waals surface area contributed by atoms with E-state index in [1.54, 1.807) is 6.07 Å². The van der Waals surface area contributed by atoms with Gasteiger partial charge in [-0.25, -0.2) is 9.37 Å². The third kappa shape index (κ3) is 4.29. The highest BCUT2D eigenvalue weighted by Crippen LogP contribution is 2.39. The van der Waals surface area contributed by atoms with Crippen LogP contribution in [0.15, 0.2) is 174 Å². The van der Waals surface area contributed by atoms with Gasteiger partial charge in [0.1, 0.15) is 22.8 Å². The van der Waals surface area contributed by atoms with Gasteiger partial charge in [0.2, 0.25) is 0 Å².